The SMILES string of the molecule is CCCCn1c(-c2ccccc2)nc2cc(C(=O)CC)ccc21. The molecular weight excluding hydrogens is 284 g/mol. The van der Waals surface area contributed by atoms with E-state index in [1.165, 1.54) is 0 Å². The molecule has 2 aromatic carbocycles. The van der Waals surface area contributed by atoms with Crippen LogP contribution in [0.4, 0.5) is 0 Å². The van der Waals surface area contributed by atoms with Gasteiger partial charge in [-0.15, -0.1) is 0 Å². The lowest BCUT2D eigenvalue weighted by molar-refractivity contribution is 0.0988. The zero-order valence-electron chi connectivity index (χ0n) is 13.7. The number of rotatable bonds is 6. The van der Waals surface area contributed by atoms with Crippen LogP contribution in [0.5, 0.6) is 0 Å². The van der Waals surface area contributed by atoms with E-state index in [2.05, 4.69) is 23.6 Å². The third-order valence-electron chi connectivity index (χ3n) is 4.16. The van der Waals surface area contributed by atoms with Gasteiger partial charge in [0.05, 0.1) is 11.0 Å². The number of nitrogens with zero attached hydrogens (tertiary/aromatic N) is 2. The summed E-state index contributed by atoms with van der Waals surface area (Å²) in [7, 11) is 0. The van der Waals surface area contributed by atoms with Gasteiger partial charge >= 0.3 is 0 Å². The predicted molar refractivity (Wildman–Crippen MR) is 94.7 cm³/mol. The largest absolute Gasteiger partial charge is 0.324 e. The van der Waals surface area contributed by atoms with Gasteiger partial charge in [-0.1, -0.05) is 50.6 Å². The Hall–Kier alpha value is -2.42. The maximum absolute atomic E-state index is 12.0. The number of hydrogen-bond acceptors (Lipinski definition) is 2. The smallest absolute Gasteiger partial charge is 0.162 e. The number of benzene rings is 2. The van der Waals surface area contributed by atoms with Crippen molar-refractivity contribution in [1.29, 1.82) is 0 Å². The van der Waals surface area contributed by atoms with Crippen molar-refractivity contribution >= 4 is 16.8 Å². The zero-order valence-corrected chi connectivity index (χ0v) is 13.7. The van der Waals surface area contributed by atoms with E-state index in [-0.39, 0.29) is 5.78 Å². The maximum atomic E-state index is 12.0. The number of ketones is 1. The van der Waals surface area contributed by atoms with Crippen molar-refractivity contribution in [2.24, 2.45) is 0 Å². The molecule has 0 fully saturated rings. The van der Waals surface area contributed by atoms with Crippen molar-refractivity contribution in [3.05, 3.63) is 54.1 Å². The van der Waals surface area contributed by atoms with Gasteiger partial charge in [0.2, 0.25) is 0 Å². The van der Waals surface area contributed by atoms with Crippen LogP contribution in [0.25, 0.3) is 22.4 Å². The van der Waals surface area contributed by atoms with Gasteiger partial charge in [0.25, 0.3) is 0 Å². The van der Waals surface area contributed by atoms with Crippen LogP contribution >= 0.6 is 0 Å². The molecule has 0 saturated heterocycles. The van der Waals surface area contributed by atoms with Gasteiger partial charge in [0.1, 0.15) is 5.82 Å². The highest BCUT2D eigenvalue weighted by molar-refractivity contribution is 5.99. The molecule has 0 atom stereocenters. The van der Waals surface area contributed by atoms with Crippen LogP contribution in [-0.2, 0) is 6.54 Å². The highest BCUT2D eigenvalue weighted by Crippen LogP contribution is 2.26. The first kappa shape index (κ1) is 15.5. The molecular formula is C20H22N2O. The molecule has 118 valence electrons. The number of hydrogen-bond donors (Lipinski definition) is 0. The van der Waals surface area contributed by atoms with E-state index >= 15 is 0 Å². The Kier molecular flexibility index (Phi) is 4.56. The lowest BCUT2D eigenvalue weighted by Gasteiger charge is -2.08. The number of Topliss-reactive ketones (excluding diaryl/α,β-unsaturated/α-hetero) is 1. The number of aryl methyl sites for hydroxylation is 1. The molecule has 3 heteroatoms. The molecule has 0 N–H and O–H groups in total. The quantitative estimate of drug-likeness (QED) is 0.594. The summed E-state index contributed by atoms with van der Waals surface area (Å²) >= 11 is 0. The Balaban J connectivity index is 2.15. The summed E-state index contributed by atoms with van der Waals surface area (Å²) in [6.07, 6.45) is 2.77. The van der Waals surface area contributed by atoms with Crippen molar-refractivity contribution in [1.82, 2.24) is 9.55 Å². The summed E-state index contributed by atoms with van der Waals surface area (Å²) in [6.45, 7) is 5.03. The summed E-state index contributed by atoms with van der Waals surface area (Å²) < 4.78 is 2.27. The Morgan fingerprint density at radius 2 is 1.87 bits per heavy atom. The molecule has 0 aliphatic rings. The number of unbranched alkanes of at least 4 members (excludes halogenated alkanes) is 1. The molecule has 0 saturated carbocycles. The van der Waals surface area contributed by atoms with E-state index < -0.39 is 0 Å². The van der Waals surface area contributed by atoms with Gasteiger partial charge in [-0.3, -0.25) is 4.79 Å². The number of carbonyl (C=O) groups excluding carboxylic acids is 1. The van der Waals surface area contributed by atoms with Gasteiger partial charge in [-0.2, -0.15) is 0 Å². The van der Waals surface area contributed by atoms with Crippen molar-refractivity contribution < 1.29 is 4.79 Å². The number of carbonyl (C=O) groups is 1. The summed E-state index contributed by atoms with van der Waals surface area (Å²) in [5.74, 6) is 1.14. The summed E-state index contributed by atoms with van der Waals surface area (Å²) in [4.78, 5) is 16.8. The first-order valence-electron chi connectivity index (χ1n) is 8.33. The summed E-state index contributed by atoms with van der Waals surface area (Å²) in [5, 5.41) is 0. The summed E-state index contributed by atoms with van der Waals surface area (Å²) in [5.41, 5.74) is 3.87. The Morgan fingerprint density at radius 1 is 1.09 bits per heavy atom. The molecule has 1 heterocycles. The lowest BCUT2D eigenvalue weighted by atomic mass is 10.1. The fourth-order valence-corrected chi connectivity index (χ4v) is 2.86. The Morgan fingerprint density at radius 3 is 2.57 bits per heavy atom. The standard InChI is InChI=1S/C20H22N2O/c1-3-5-13-22-18-12-11-16(19(23)4-2)14-17(18)21-20(22)15-9-7-6-8-10-15/h6-12,14H,3-5,13H2,1-2H3. The van der Waals surface area contributed by atoms with Crippen molar-refractivity contribution in [3.8, 4) is 11.4 Å². The van der Waals surface area contributed by atoms with Gasteiger partial charge in [0.15, 0.2) is 5.78 Å². The molecule has 0 spiro atoms. The van der Waals surface area contributed by atoms with Crippen LogP contribution in [0.15, 0.2) is 48.5 Å². The molecule has 0 bridgehead atoms. The molecule has 0 radical (unpaired) electrons. The van der Waals surface area contributed by atoms with E-state index in [0.717, 1.165) is 47.4 Å². The van der Waals surface area contributed by atoms with Crippen LogP contribution in [0, 0.1) is 0 Å². The molecule has 0 amide bonds. The second kappa shape index (κ2) is 6.78. The molecule has 3 nitrogen and oxygen atoms in total. The second-order valence-electron chi connectivity index (χ2n) is 5.79. The van der Waals surface area contributed by atoms with E-state index in [1.54, 1.807) is 0 Å². The van der Waals surface area contributed by atoms with E-state index in [1.807, 2.05) is 43.3 Å². The van der Waals surface area contributed by atoms with Gasteiger partial charge in [0, 0.05) is 24.1 Å². The van der Waals surface area contributed by atoms with E-state index in [0.29, 0.717) is 6.42 Å². The predicted octanol–water partition coefficient (Wildman–Crippen LogP) is 5.10. The summed E-state index contributed by atoms with van der Waals surface area (Å²) in [6, 6.07) is 16.1. The van der Waals surface area contributed by atoms with E-state index in [4.69, 9.17) is 4.98 Å². The first-order valence-corrected chi connectivity index (χ1v) is 8.33. The second-order valence-corrected chi connectivity index (χ2v) is 5.79. The molecule has 0 aliphatic carbocycles. The minimum Gasteiger partial charge on any atom is -0.324 e. The highest BCUT2D eigenvalue weighted by atomic mass is 16.1. The zero-order chi connectivity index (χ0) is 16.2. The van der Waals surface area contributed by atoms with Crippen molar-refractivity contribution in [2.75, 3.05) is 0 Å². The number of fused-ring (bicyclic) bond motifs is 1. The minimum absolute atomic E-state index is 0.163. The third-order valence-corrected chi connectivity index (χ3v) is 4.16. The fraction of sp³-hybridized carbons (Fsp3) is 0.300. The third kappa shape index (κ3) is 3.04. The fourth-order valence-electron chi connectivity index (χ4n) is 2.86. The highest BCUT2D eigenvalue weighted by Gasteiger charge is 2.14. The molecule has 0 unspecified atom stereocenters. The number of aromatic nitrogens is 2. The van der Waals surface area contributed by atoms with Crippen LogP contribution in [-0.4, -0.2) is 15.3 Å². The van der Waals surface area contributed by atoms with Gasteiger partial charge in [-0.25, -0.2) is 4.98 Å². The number of imidazole rings is 1. The molecule has 23 heavy (non-hydrogen) atoms. The average Bonchev–Trinajstić information content (AvgIpc) is 2.97. The van der Waals surface area contributed by atoms with Crippen LogP contribution in [0.1, 0.15) is 43.5 Å². The lowest BCUT2D eigenvalue weighted by Crippen LogP contribution is -2.01. The van der Waals surface area contributed by atoms with Crippen LogP contribution in [0.3, 0.4) is 0 Å². The minimum atomic E-state index is 0.163. The van der Waals surface area contributed by atoms with Gasteiger partial charge < -0.3 is 4.57 Å². The van der Waals surface area contributed by atoms with Crippen LogP contribution < -0.4 is 0 Å². The topological polar surface area (TPSA) is 34.9 Å². The van der Waals surface area contributed by atoms with Crippen LogP contribution in [0.2, 0.25) is 0 Å². The Bertz CT molecular complexity index is 818. The van der Waals surface area contributed by atoms with E-state index in [9.17, 15) is 4.79 Å². The average molecular weight is 306 g/mol. The Labute approximate surface area is 137 Å². The van der Waals surface area contributed by atoms with Gasteiger partial charge in [-0.05, 0) is 24.6 Å². The molecule has 1 aromatic heterocycles. The monoisotopic (exact) mass is 306 g/mol. The molecule has 3 rings (SSSR count). The molecule has 0 aliphatic heterocycles. The normalized spacial score (nSPS) is 11.0. The van der Waals surface area contributed by atoms with Crippen molar-refractivity contribution in [3.63, 3.8) is 0 Å². The van der Waals surface area contributed by atoms with Crippen molar-refractivity contribution in [2.45, 2.75) is 39.7 Å². The molecule has 3 aromatic rings. The maximum Gasteiger partial charge on any atom is 0.162 e. The first-order chi connectivity index (χ1) is 11.2.